The number of nitrogens with two attached hydrogens (primary N) is 1. The summed E-state index contributed by atoms with van der Waals surface area (Å²) in [6.07, 6.45) is 13.4. The van der Waals surface area contributed by atoms with Crippen LogP contribution in [-0.4, -0.2) is 19.5 Å². The van der Waals surface area contributed by atoms with Crippen LogP contribution in [0.1, 0.15) is 25.0 Å². The van der Waals surface area contributed by atoms with Crippen molar-refractivity contribution in [3.05, 3.63) is 163 Å². The van der Waals surface area contributed by atoms with Crippen LogP contribution in [0.25, 0.3) is 77.5 Å². The number of hydrogen-bond acceptors (Lipinski definition) is 4. The van der Waals surface area contributed by atoms with E-state index < -0.39 is 0 Å². The zero-order valence-corrected chi connectivity index (χ0v) is 27.7. The van der Waals surface area contributed by atoms with Crippen LogP contribution in [0.4, 0.5) is 0 Å². The zero-order chi connectivity index (χ0) is 33.5. The van der Waals surface area contributed by atoms with Crippen LogP contribution in [0.5, 0.6) is 0 Å². The van der Waals surface area contributed by atoms with E-state index in [9.17, 15) is 0 Å². The topological polar surface area (TPSA) is 69.6 Å². The molecule has 8 rings (SSSR count). The van der Waals surface area contributed by atoms with E-state index in [0.717, 1.165) is 72.5 Å². The molecule has 0 atom stereocenters. The third-order valence-electron chi connectivity index (χ3n) is 9.34. The van der Waals surface area contributed by atoms with Crippen molar-refractivity contribution in [3.8, 4) is 39.2 Å². The number of hydrogen-bond donors (Lipinski definition) is 1. The summed E-state index contributed by atoms with van der Waals surface area (Å²) < 4.78 is 2.40. The summed E-state index contributed by atoms with van der Waals surface area (Å²) in [5.74, 6) is 0. The van der Waals surface area contributed by atoms with Crippen LogP contribution < -0.4 is 5.73 Å². The molecule has 49 heavy (non-hydrogen) atoms. The van der Waals surface area contributed by atoms with Gasteiger partial charge in [-0.25, -0.2) is 0 Å². The smallest absolute Gasteiger partial charge is 0.0746 e. The second-order valence-electron chi connectivity index (χ2n) is 12.5. The van der Waals surface area contributed by atoms with Gasteiger partial charge in [-0.15, -0.1) is 0 Å². The number of aromatic nitrogens is 4. The lowest BCUT2D eigenvalue weighted by molar-refractivity contribution is 1.19. The van der Waals surface area contributed by atoms with Crippen molar-refractivity contribution in [1.82, 2.24) is 19.5 Å². The molecule has 0 aliphatic carbocycles. The Labute approximate surface area is 285 Å². The van der Waals surface area contributed by atoms with E-state index >= 15 is 0 Å². The maximum atomic E-state index is 6.50. The fourth-order valence-electron chi connectivity index (χ4n) is 6.87. The van der Waals surface area contributed by atoms with E-state index in [1.54, 1.807) is 0 Å². The van der Waals surface area contributed by atoms with E-state index in [1.807, 2.05) is 63.1 Å². The molecule has 4 aromatic heterocycles. The molecule has 4 heterocycles. The standard InChI is InChI=1S/C44H35N5/c1-4-9-28(2)42(45)35-21-33(24-46-26-35)30-13-16-38-32(20-30)15-18-40-39-17-14-31(23-41(39)49(44(38)40)37-11-6-5-7-12-37)34-22-36(27-47-25-34)43-29(3)10-8-19-48-43/h4-27H,45H2,1-3H3/b9-4-,42-28-. The Balaban J connectivity index is 1.30. The number of fused-ring (bicyclic) bond motifs is 5. The van der Waals surface area contributed by atoms with Crippen LogP contribution in [0.2, 0.25) is 0 Å². The summed E-state index contributed by atoms with van der Waals surface area (Å²) in [6.45, 7) is 6.10. The predicted molar refractivity (Wildman–Crippen MR) is 204 cm³/mol. The minimum Gasteiger partial charge on any atom is -0.398 e. The Bertz CT molecular complexity index is 2590. The summed E-state index contributed by atoms with van der Waals surface area (Å²) in [7, 11) is 0. The molecule has 0 spiro atoms. The highest BCUT2D eigenvalue weighted by Crippen LogP contribution is 2.39. The van der Waals surface area contributed by atoms with Gasteiger partial charge in [0, 0.05) is 80.8 Å². The third kappa shape index (κ3) is 5.35. The summed E-state index contributed by atoms with van der Waals surface area (Å²) in [6, 6.07) is 36.9. The molecule has 0 saturated heterocycles. The number of para-hydroxylation sites is 1. The van der Waals surface area contributed by atoms with Gasteiger partial charge in [-0.3, -0.25) is 15.0 Å². The largest absolute Gasteiger partial charge is 0.398 e. The molecule has 5 nitrogen and oxygen atoms in total. The Hall–Kier alpha value is -6.33. The first-order valence-corrected chi connectivity index (χ1v) is 16.5. The molecule has 0 amide bonds. The van der Waals surface area contributed by atoms with Crippen LogP contribution in [0.15, 0.2) is 152 Å². The molecule has 236 valence electrons. The second kappa shape index (κ2) is 12.4. The first kappa shape index (κ1) is 30.0. The van der Waals surface area contributed by atoms with Crippen molar-refractivity contribution in [2.45, 2.75) is 20.8 Å². The molecule has 0 unspecified atom stereocenters. The molecule has 0 fully saturated rings. The van der Waals surface area contributed by atoms with Gasteiger partial charge < -0.3 is 10.3 Å². The number of benzene rings is 4. The monoisotopic (exact) mass is 633 g/mol. The lowest BCUT2D eigenvalue weighted by Gasteiger charge is -2.12. The Morgan fingerprint density at radius 1 is 0.673 bits per heavy atom. The number of allylic oxidation sites excluding steroid dienone is 3. The van der Waals surface area contributed by atoms with Gasteiger partial charge in [0.1, 0.15) is 0 Å². The van der Waals surface area contributed by atoms with Crippen LogP contribution in [0.3, 0.4) is 0 Å². The molecule has 0 bridgehead atoms. The Morgan fingerprint density at radius 2 is 1.39 bits per heavy atom. The summed E-state index contributed by atoms with van der Waals surface area (Å²) in [4.78, 5) is 13.8. The fourth-order valence-corrected chi connectivity index (χ4v) is 6.87. The minimum absolute atomic E-state index is 0.732. The predicted octanol–water partition coefficient (Wildman–Crippen LogP) is 10.7. The van der Waals surface area contributed by atoms with Gasteiger partial charge in [0.05, 0.1) is 16.7 Å². The van der Waals surface area contributed by atoms with Gasteiger partial charge >= 0.3 is 0 Å². The lowest BCUT2D eigenvalue weighted by atomic mass is 9.98. The van der Waals surface area contributed by atoms with E-state index in [4.69, 9.17) is 5.73 Å². The Morgan fingerprint density at radius 3 is 2.18 bits per heavy atom. The van der Waals surface area contributed by atoms with Gasteiger partial charge in [0.2, 0.25) is 0 Å². The van der Waals surface area contributed by atoms with Gasteiger partial charge in [-0.1, -0.05) is 72.8 Å². The quantitative estimate of drug-likeness (QED) is 0.185. The number of pyridine rings is 3. The third-order valence-corrected chi connectivity index (χ3v) is 9.34. The van der Waals surface area contributed by atoms with Crippen molar-refractivity contribution in [3.63, 3.8) is 0 Å². The molecule has 5 heteroatoms. The maximum Gasteiger partial charge on any atom is 0.0746 e. The highest BCUT2D eigenvalue weighted by molar-refractivity contribution is 6.19. The van der Waals surface area contributed by atoms with Crippen molar-refractivity contribution >= 4 is 38.3 Å². The fraction of sp³-hybridized carbons (Fsp3) is 0.0682. The molecule has 8 aromatic rings. The number of aryl methyl sites for hydroxylation is 1. The molecule has 0 aliphatic rings. The molecule has 4 aromatic carbocycles. The van der Waals surface area contributed by atoms with E-state index in [-0.39, 0.29) is 0 Å². The van der Waals surface area contributed by atoms with Gasteiger partial charge in [-0.05, 0) is 90.9 Å². The SMILES string of the molecule is C/C=C\C(C)=C(/N)c1cncc(-c2ccc3c(ccc4c5ccc(-c6cncc(-c7ncccc7C)c6)cc5n(-c5ccccc5)c34)c2)c1. The van der Waals surface area contributed by atoms with E-state index in [1.165, 1.54) is 21.7 Å². The minimum atomic E-state index is 0.732. The summed E-state index contributed by atoms with van der Waals surface area (Å²) in [5, 5.41) is 4.76. The maximum absolute atomic E-state index is 6.50. The van der Waals surface area contributed by atoms with E-state index in [0.29, 0.717) is 0 Å². The Kier molecular flexibility index (Phi) is 7.58. The molecule has 0 radical (unpaired) electrons. The molecular formula is C44H35N5. The van der Waals surface area contributed by atoms with Crippen LogP contribution >= 0.6 is 0 Å². The highest BCUT2D eigenvalue weighted by Gasteiger charge is 2.17. The average molecular weight is 634 g/mol. The first-order valence-electron chi connectivity index (χ1n) is 16.5. The highest BCUT2D eigenvalue weighted by atomic mass is 15.0. The first-order chi connectivity index (χ1) is 24.0. The number of rotatable bonds is 6. The van der Waals surface area contributed by atoms with Crippen molar-refractivity contribution in [2.75, 3.05) is 0 Å². The number of nitrogens with zero attached hydrogens (tertiary/aromatic N) is 4. The zero-order valence-electron chi connectivity index (χ0n) is 27.7. The molecular weight excluding hydrogens is 599 g/mol. The normalized spacial score (nSPS) is 12.3. The van der Waals surface area contributed by atoms with E-state index in [2.05, 4.69) is 124 Å². The average Bonchev–Trinajstić information content (AvgIpc) is 3.49. The second-order valence-corrected chi connectivity index (χ2v) is 12.5. The summed E-state index contributed by atoms with van der Waals surface area (Å²) in [5.41, 5.74) is 20.0. The lowest BCUT2D eigenvalue weighted by Crippen LogP contribution is -2.00. The van der Waals surface area contributed by atoms with Crippen LogP contribution in [0, 0.1) is 6.92 Å². The van der Waals surface area contributed by atoms with Gasteiger partial charge in [0.15, 0.2) is 0 Å². The molecule has 0 aliphatic heterocycles. The molecule has 0 saturated carbocycles. The summed E-state index contributed by atoms with van der Waals surface area (Å²) >= 11 is 0. The van der Waals surface area contributed by atoms with Crippen molar-refractivity contribution in [1.29, 1.82) is 0 Å². The van der Waals surface area contributed by atoms with Crippen molar-refractivity contribution in [2.24, 2.45) is 5.73 Å². The molecule has 2 N–H and O–H groups in total. The van der Waals surface area contributed by atoms with Gasteiger partial charge in [-0.2, -0.15) is 0 Å². The van der Waals surface area contributed by atoms with Crippen molar-refractivity contribution < 1.29 is 0 Å². The van der Waals surface area contributed by atoms with Crippen LogP contribution in [-0.2, 0) is 0 Å². The van der Waals surface area contributed by atoms with Gasteiger partial charge in [0.25, 0.3) is 0 Å².